The first-order valence-electron chi connectivity index (χ1n) is 7.77. The lowest BCUT2D eigenvalue weighted by Crippen LogP contribution is -2.24. The first-order chi connectivity index (χ1) is 12.0. The van der Waals surface area contributed by atoms with Gasteiger partial charge < -0.3 is 5.11 Å². The standard InChI is InChI=1S/C20H19NO3S/c1-17-11-13-20(14-12-17)25(23,24)21-15-5-4-9-18-7-2-3-8-19(18)10-6-16-22/h2-3,7-8,11-14,21-22H,5,15-16H2,1H3. The molecule has 0 saturated heterocycles. The van der Waals surface area contributed by atoms with Crippen molar-refractivity contribution >= 4 is 10.0 Å². The topological polar surface area (TPSA) is 66.4 Å². The quantitative estimate of drug-likeness (QED) is 0.653. The SMILES string of the molecule is Cc1ccc(S(=O)(=O)NCCC#Cc2ccccc2C#CCO)cc1. The number of sulfonamides is 1. The second-order valence-corrected chi connectivity index (χ2v) is 7.04. The van der Waals surface area contributed by atoms with E-state index in [4.69, 9.17) is 5.11 Å². The Morgan fingerprint density at radius 1 is 0.960 bits per heavy atom. The number of aliphatic hydroxyl groups excluding tert-OH is 1. The molecule has 2 rings (SSSR count). The first kappa shape index (κ1) is 18.8. The minimum Gasteiger partial charge on any atom is -0.384 e. The number of rotatable bonds is 4. The maximum Gasteiger partial charge on any atom is 0.240 e. The van der Waals surface area contributed by atoms with Gasteiger partial charge in [0.1, 0.15) is 6.61 Å². The minimum absolute atomic E-state index is 0.206. The number of hydrogen-bond donors (Lipinski definition) is 2. The van der Waals surface area contributed by atoms with E-state index >= 15 is 0 Å². The number of aryl methyl sites for hydroxylation is 1. The zero-order chi connectivity index (χ0) is 18.1. The molecule has 0 aliphatic rings. The summed E-state index contributed by atoms with van der Waals surface area (Å²) in [7, 11) is -3.51. The highest BCUT2D eigenvalue weighted by Crippen LogP contribution is 2.09. The summed E-state index contributed by atoms with van der Waals surface area (Å²) in [6.07, 6.45) is 0.382. The van der Waals surface area contributed by atoms with Crippen LogP contribution in [0.15, 0.2) is 53.4 Å². The van der Waals surface area contributed by atoms with Gasteiger partial charge in [0.2, 0.25) is 10.0 Å². The number of nitrogens with one attached hydrogen (secondary N) is 1. The van der Waals surface area contributed by atoms with Crippen LogP contribution < -0.4 is 4.72 Å². The van der Waals surface area contributed by atoms with E-state index in [-0.39, 0.29) is 18.0 Å². The van der Waals surface area contributed by atoms with E-state index in [0.717, 1.165) is 16.7 Å². The normalized spacial score (nSPS) is 10.3. The highest BCUT2D eigenvalue weighted by molar-refractivity contribution is 7.89. The van der Waals surface area contributed by atoms with Gasteiger partial charge in [-0.2, -0.15) is 0 Å². The summed E-state index contributed by atoms with van der Waals surface area (Å²) in [4.78, 5) is 0.246. The third-order valence-electron chi connectivity index (χ3n) is 3.33. The van der Waals surface area contributed by atoms with Gasteiger partial charge in [0.25, 0.3) is 0 Å². The van der Waals surface area contributed by atoms with Crippen LogP contribution in [0.25, 0.3) is 0 Å². The Hall–Kier alpha value is -2.57. The van der Waals surface area contributed by atoms with Crippen LogP contribution in [-0.4, -0.2) is 26.7 Å². The van der Waals surface area contributed by atoms with E-state index in [1.54, 1.807) is 24.3 Å². The largest absolute Gasteiger partial charge is 0.384 e. The van der Waals surface area contributed by atoms with Gasteiger partial charge >= 0.3 is 0 Å². The van der Waals surface area contributed by atoms with Crippen LogP contribution >= 0.6 is 0 Å². The van der Waals surface area contributed by atoms with Crippen molar-refractivity contribution < 1.29 is 13.5 Å². The summed E-state index contributed by atoms with van der Waals surface area (Å²) >= 11 is 0. The zero-order valence-corrected chi connectivity index (χ0v) is 14.7. The van der Waals surface area contributed by atoms with E-state index in [0.29, 0.717) is 6.42 Å². The van der Waals surface area contributed by atoms with Gasteiger partial charge in [0.05, 0.1) is 4.90 Å². The molecule has 2 aromatic carbocycles. The molecule has 0 radical (unpaired) electrons. The third-order valence-corrected chi connectivity index (χ3v) is 4.80. The lowest BCUT2D eigenvalue weighted by Gasteiger charge is -2.05. The maximum absolute atomic E-state index is 12.1. The smallest absolute Gasteiger partial charge is 0.240 e. The van der Waals surface area contributed by atoms with Crippen LogP contribution in [0.2, 0.25) is 0 Å². The van der Waals surface area contributed by atoms with Gasteiger partial charge in [-0.3, -0.25) is 0 Å². The van der Waals surface area contributed by atoms with Gasteiger partial charge in [-0.1, -0.05) is 53.5 Å². The molecule has 0 aliphatic carbocycles. The second kappa shape index (κ2) is 9.05. The van der Waals surface area contributed by atoms with Crippen molar-refractivity contribution in [2.24, 2.45) is 0 Å². The molecule has 0 aliphatic heterocycles. The van der Waals surface area contributed by atoms with E-state index < -0.39 is 10.0 Å². The van der Waals surface area contributed by atoms with Crippen LogP contribution in [0.4, 0.5) is 0 Å². The average Bonchev–Trinajstić information content (AvgIpc) is 2.61. The van der Waals surface area contributed by atoms with Crippen LogP contribution in [0.5, 0.6) is 0 Å². The maximum atomic E-state index is 12.1. The zero-order valence-electron chi connectivity index (χ0n) is 13.9. The predicted octanol–water partition coefficient (Wildman–Crippen LogP) is 2.06. The van der Waals surface area contributed by atoms with E-state index in [1.165, 1.54) is 0 Å². The van der Waals surface area contributed by atoms with Crippen molar-refractivity contribution in [3.63, 3.8) is 0 Å². The average molecular weight is 353 g/mol. The fourth-order valence-electron chi connectivity index (χ4n) is 2.04. The molecule has 25 heavy (non-hydrogen) atoms. The molecule has 128 valence electrons. The van der Waals surface area contributed by atoms with Crippen LogP contribution in [0, 0.1) is 30.6 Å². The van der Waals surface area contributed by atoms with Crippen molar-refractivity contribution in [1.29, 1.82) is 0 Å². The molecular weight excluding hydrogens is 334 g/mol. The number of hydrogen-bond acceptors (Lipinski definition) is 3. The summed E-state index contributed by atoms with van der Waals surface area (Å²) in [6, 6.07) is 14.1. The number of aliphatic hydroxyl groups is 1. The molecule has 0 aromatic heterocycles. The molecule has 4 nitrogen and oxygen atoms in total. The van der Waals surface area contributed by atoms with E-state index in [9.17, 15) is 8.42 Å². The van der Waals surface area contributed by atoms with Crippen LogP contribution in [0.1, 0.15) is 23.1 Å². The highest BCUT2D eigenvalue weighted by Gasteiger charge is 2.11. The molecule has 0 spiro atoms. The summed E-state index contributed by atoms with van der Waals surface area (Å²) in [6.45, 7) is 1.93. The van der Waals surface area contributed by atoms with E-state index in [2.05, 4.69) is 28.4 Å². The summed E-state index contributed by atoms with van der Waals surface area (Å²) in [5, 5.41) is 8.78. The lowest BCUT2D eigenvalue weighted by atomic mass is 10.1. The van der Waals surface area contributed by atoms with Crippen molar-refractivity contribution in [3.05, 3.63) is 65.2 Å². The minimum atomic E-state index is -3.51. The first-order valence-corrected chi connectivity index (χ1v) is 9.25. The van der Waals surface area contributed by atoms with Crippen molar-refractivity contribution in [2.75, 3.05) is 13.2 Å². The van der Waals surface area contributed by atoms with Crippen molar-refractivity contribution in [2.45, 2.75) is 18.2 Å². The monoisotopic (exact) mass is 353 g/mol. The summed E-state index contributed by atoms with van der Waals surface area (Å²) < 4.78 is 26.8. The molecule has 0 saturated carbocycles. The van der Waals surface area contributed by atoms with Gasteiger partial charge in [0.15, 0.2) is 0 Å². The molecule has 2 aromatic rings. The van der Waals surface area contributed by atoms with Crippen LogP contribution in [0.3, 0.4) is 0 Å². The summed E-state index contributed by atoms with van der Waals surface area (Å²) in [5.41, 5.74) is 2.50. The molecule has 0 bridgehead atoms. The Labute approximate surface area is 149 Å². The Kier molecular flexibility index (Phi) is 6.80. The molecule has 2 N–H and O–H groups in total. The lowest BCUT2D eigenvalue weighted by molar-refractivity contribution is 0.350. The molecule has 0 atom stereocenters. The predicted molar refractivity (Wildman–Crippen MR) is 98.3 cm³/mol. The molecule has 0 heterocycles. The molecule has 0 fully saturated rings. The van der Waals surface area contributed by atoms with Gasteiger partial charge in [-0.05, 0) is 31.2 Å². The summed E-state index contributed by atoms with van der Waals surface area (Å²) in [5.74, 6) is 11.4. The van der Waals surface area contributed by atoms with Crippen LogP contribution in [-0.2, 0) is 10.0 Å². The Bertz CT molecular complexity index is 940. The van der Waals surface area contributed by atoms with E-state index in [1.807, 2.05) is 31.2 Å². The van der Waals surface area contributed by atoms with Crippen molar-refractivity contribution in [3.8, 4) is 23.7 Å². The Balaban J connectivity index is 1.96. The molecule has 5 heteroatoms. The second-order valence-electron chi connectivity index (χ2n) is 5.27. The Morgan fingerprint density at radius 2 is 1.56 bits per heavy atom. The van der Waals surface area contributed by atoms with Crippen molar-refractivity contribution in [1.82, 2.24) is 4.72 Å². The van der Waals surface area contributed by atoms with Gasteiger partial charge in [-0.25, -0.2) is 13.1 Å². The fourth-order valence-corrected chi connectivity index (χ4v) is 3.07. The Morgan fingerprint density at radius 3 is 2.16 bits per heavy atom. The molecule has 0 unspecified atom stereocenters. The third kappa shape index (κ3) is 5.77. The molecular formula is C20H19NO3S. The van der Waals surface area contributed by atoms with Gasteiger partial charge in [0, 0.05) is 24.1 Å². The highest BCUT2D eigenvalue weighted by atomic mass is 32.2. The molecule has 0 amide bonds. The van der Waals surface area contributed by atoms with Gasteiger partial charge in [-0.15, -0.1) is 0 Å². The fraction of sp³-hybridized carbons (Fsp3) is 0.200. The number of benzene rings is 2.